The first-order chi connectivity index (χ1) is 14.0. The minimum Gasteiger partial charge on any atom is -0.497 e. The summed E-state index contributed by atoms with van der Waals surface area (Å²) in [5.41, 5.74) is 1.69. The van der Waals surface area contributed by atoms with Crippen LogP contribution in [0.25, 0.3) is 0 Å². The highest BCUT2D eigenvalue weighted by atomic mass is 16.5. The molecule has 0 saturated carbocycles. The summed E-state index contributed by atoms with van der Waals surface area (Å²) in [7, 11) is 1.65. The number of anilines is 1. The van der Waals surface area contributed by atoms with E-state index in [1.807, 2.05) is 38.1 Å². The lowest BCUT2D eigenvalue weighted by Crippen LogP contribution is -2.49. The number of pyridine rings is 1. The number of aromatic nitrogens is 1. The molecule has 2 aromatic rings. The molecule has 7 heteroatoms. The first-order valence-corrected chi connectivity index (χ1v) is 9.98. The Kier molecular flexibility index (Phi) is 6.69. The Balaban J connectivity index is 1.61. The van der Waals surface area contributed by atoms with Crippen molar-refractivity contribution < 1.29 is 14.3 Å². The number of carbonyl (C=O) groups is 2. The molecule has 29 heavy (non-hydrogen) atoms. The standard InChI is InChI=1S/C22H28N4O3/c1-4-16(2)23-21(27)19-6-5-7-20(24-19)22(28)26-14-12-25(13-15-26)17-8-10-18(29-3)11-9-17/h5-11,16H,4,12-15H2,1-3H3,(H,23,27). The van der Waals surface area contributed by atoms with E-state index in [1.54, 1.807) is 30.2 Å². The third-order valence-electron chi connectivity index (χ3n) is 5.20. The third kappa shape index (κ3) is 5.04. The average Bonchev–Trinajstić information content (AvgIpc) is 2.78. The zero-order valence-corrected chi connectivity index (χ0v) is 17.2. The molecule has 0 radical (unpaired) electrons. The maximum absolute atomic E-state index is 12.9. The van der Waals surface area contributed by atoms with Gasteiger partial charge < -0.3 is 19.9 Å². The van der Waals surface area contributed by atoms with Crippen molar-refractivity contribution in [3.8, 4) is 5.75 Å². The van der Waals surface area contributed by atoms with Crippen molar-refractivity contribution in [2.24, 2.45) is 0 Å². The quantitative estimate of drug-likeness (QED) is 0.812. The van der Waals surface area contributed by atoms with Gasteiger partial charge in [0.1, 0.15) is 17.1 Å². The van der Waals surface area contributed by atoms with Gasteiger partial charge in [0.05, 0.1) is 7.11 Å². The van der Waals surface area contributed by atoms with Gasteiger partial charge in [-0.2, -0.15) is 0 Å². The summed E-state index contributed by atoms with van der Waals surface area (Å²) in [5, 5.41) is 2.88. The van der Waals surface area contributed by atoms with Crippen LogP contribution in [0.5, 0.6) is 5.75 Å². The van der Waals surface area contributed by atoms with Gasteiger partial charge in [-0.15, -0.1) is 0 Å². The normalized spacial score (nSPS) is 15.0. The predicted molar refractivity (Wildman–Crippen MR) is 113 cm³/mol. The predicted octanol–water partition coefficient (Wildman–Crippen LogP) is 2.58. The van der Waals surface area contributed by atoms with E-state index in [9.17, 15) is 9.59 Å². The fourth-order valence-corrected chi connectivity index (χ4v) is 3.20. The van der Waals surface area contributed by atoms with Crippen molar-refractivity contribution >= 4 is 17.5 Å². The molecule has 7 nitrogen and oxygen atoms in total. The number of nitrogens with zero attached hydrogens (tertiary/aromatic N) is 3. The Bertz CT molecular complexity index is 845. The number of methoxy groups -OCH3 is 1. The zero-order chi connectivity index (χ0) is 20.8. The molecule has 0 bridgehead atoms. The zero-order valence-electron chi connectivity index (χ0n) is 17.2. The van der Waals surface area contributed by atoms with Gasteiger partial charge in [0.25, 0.3) is 11.8 Å². The molecule has 1 unspecified atom stereocenters. The molecule has 154 valence electrons. The SMILES string of the molecule is CCC(C)NC(=O)c1cccc(C(=O)N2CCN(c3ccc(OC)cc3)CC2)n1. The van der Waals surface area contributed by atoms with Gasteiger partial charge in [-0.05, 0) is 49.7 Å². The van der Waals surface area contributed by atoms with Crippen LogP contribution in [0, 0.1) is 0 Å². The average molecular weight is 396 g/mol. The van der Waals surface area contributed by atoms with Gasteiger partial charge >= 0.3 is 0 Å². The summed E-state index contributed by atoms with van der Waals surface area (Å²) in [6.45, 7) is 6.64. The summed E-state index contributed by atoms with van der Waals surface area (Å²) in [6.07, 6.45) is 0.836. The number of benzene rings is 1. The highest BCUT2D eigenvalue weighted by Crippen LogP contribution is 2.21. The van der Waals surface area contributed by atoms with Gasteiger partial charge in [0.15, 0.2) is 0 Å². The molecular formula is C22H28N4O3. The number of carbonyl (C=O) groups excluding carboxylic acids is 2. The van der Waals surface area contributed by atoms with Crippen LogP contribution in [0.15, 0.2) is 42.5 Å². The lowest BCUT2D eigenvalue weighted by atomic mass is 10.2. The lowest BCUT2D eigenvalue weighted by Gasteiger charge is -2.36. The molecule has 2 heterocycles. The fourth-order valence-electron chi connectivity index (χ4n) is 3.20. The topological polar surface area (TPSA) is 74.8 Å². The number of hydrogen-bond donors (Lipinski definition) is 1. The number of hydrogen-bond acceptors (Lipinski definition) is 5. The molecule has 0 spiro atoms. The highest BCUT2D eigenvalue weighted by Gasteiger charge is 2.24. The Morgan fingerprint density at radius 1 is 1.07 bits per heavy atom. The summed E-state index contributed by atoms with van der Waals surface area (Å²) in [6, 6.07) is 13.0. The Labute approximate surface area is 171 Å². The maximum atomic E-state index is 12.9. The van der Waals surface area contributed by atoms with Gasteiger partial charge in [-0.3, -0.25) is 9.59 Å². The molecule has 1 fully saturated rings. The van der Waals surface area contributed by atoms with Crippen molar-refractivity contribution in [3.05, 3.63) is 53.9 Å². The van der Waals surface area contributed by atoms with Crippen LogP contribution >= 0.6 is 0 Å². The van der Waals surface area contributed by atoms with E-state index in [1.165, 1.54) is 0 Å². The van der Waals surface area contributed by atoms with Gasteiger partial charge in [-0.1, -0.05) is 13.0 Å². The molecule has 1 saturated heterocycles. The van der Waals surface area contributed by atoms with Crippen molar-refractivity contribution in [2.75, 3.05) is 38.2 Å². The van der Waals surface area contributed by atoms with Gasteiger partial charge in [0.2, 0.25) is 0 Å². The van der Waals surface area contributed by atoms with Crippen molar-refractivity contribution in [3.63, 3.8) is 0 Å². The van der Waals surface area contributed by atoms with E-state index in [0.29, 0.717) is 18.8 Å². The number of rotatable bonds is 6. The Morgan fingerprint density at radius 3 is 2.34 bits per heavy atom. The first-order valence-electron chi connectivity index (χ1n) is 9.98. The molecule has 0 aliphatic carbocycles. The summed E-state index contributed by atoms with van der Waals surface area (Å²) in [5.74, 6) is 0.432. The van der Waals surface area contributed by atoms with Crippen LogP contribution in [0.2, 0.25) is 0 Å². The van der Waals surface area contributed by atoms with Crippen LogP contribution in [0.3, 0.4) is 0 Å². The molecule has 1 aromatic carbocycles. The minimum atomic E-state index is -0.252. The molecule has 1 aliphatic rings. The second-order valence-corrected chi connectivity index (χ2v) is 7.17. The van der Waals surface area contributed by atoms with Crippen LogP contribution in [-0.4, -0.2) is 61.0 Å². The molecule has 3 rings (SSSR count). The van der Waals surface area contributed by atoms with E-state index in [0.717, 1.165) is 30.9 Å². The van der Waals surface area contributed by atoms with E-state index >= 15 is 0 Å². The second kappa shape index (κ2) is 9.41. The molecule has 2 amide bonds. The number of nitrogens with one attached hydrogen (secondary N) is 1. The Hall–Kier alpha value is -3.09. The maximum Gasteiger partial charge on any atom is 0.272 e. The molecule has 1 aliphatic heterocycles. The van der Waals surface area contributed by atoms with E-state index < -0.39 is 0 Å². The van der Waals surface area contributed by atoms with Crippen molar-refractivity contribution in [1.82, 2.24) is 15.2 Å². The Morgan fingerprint density at radius 2 is 1.72 bits per heavy atom. The van der Waals surface area contributed by atoms with Crippen LogP contribution in [-0.2, 0) is 0 Å². The minimum absolute atomic E-state index is 0.0645. The summed E-state index contributed by atoms with van der Waals surface area (Å²) in [4.78, 5) is 33.5. The van der Waals surface area contributed by atoms with Crippen molar-refractivity contribution in [1.29, 1.82) is 0 Å². The second-order valence-electron chi connectivity index (χ2n) is 7.17. The smallest absolute Gasteiger partial charge is 0.272 e. The van der Waals surface area contributed by atoms with E-state index in [4.69, 9.17) is 4.74 Å². The van der Waals surface area contributed by atoms with Crippen LogP contribution in [0.1, 0.15) is 41.2 Å². The molecule has 1 atom stereocenters. The largest absolute Gasteiger partial charge is 0.497 e. The third-order valence-corrected chi connectivity index (χ3v) is 5.20. The van der Waals surface area contributed by atoms with E-state index in [2.05, 4.69) is 15.2 Å². The fraction of sp³-hybridized carbons (Fsp3) is 0.409. The van der Waals surface area contributed by atoms with Crippen LogP contribution in [0.4, 0.5) is 5.69 Å². The van der Waals surface area contributed by atoms with Gasteiger partial charge in [0, 0.05) is 37.9 Å². The monoisotopic (exact) mass is 396 g/mol. The summed E-state index contributed by atoms with van der Waals surface area (Å²) < 4.78 is 5.20. The summed E-state index contributed by atoms with van der Waals surface area (Å²) >= 11 is 0. The first kappa shape index (κ1) is 20.6. The molecule has 1 aromatic heterocycles. The number of amides is 2. The van der Waals surface area contributed by atoms with E-state index in [-0.39, 0.29) is 23.6 Å². The molecular weight excluding hydrogens is 368 g/mol. The number of piperazine rings is 1. The van der Waals surface area contributed by atoms with Gasteiger partial charge in [-0.25, -0.2) is 4.98 Å². The highest BCUT2D eigenvalue weighted by molar-refractivity contribution is 5.96. The van der Waals surface area contributed by atoms with Crippen LogP contribution < -0.4 is 15.0 Å². The lowest BCUT2D eigenvalue weighted by molar-refractivity contribution is 0.0740. The van der Waals surface area contributed by atoms with Crippen molar-refractivity contribution in [2.45, 2.75) is 26.3 Å². The molecule has 1 N–H and O–H groups in total. The number of ether oxygens (including phenoxy) is 1.